The van der Waals surface area contributed by atoms with Crippen molar-refractivity contribution in [2.24, 2.45) is 0 Å². The van der Waals surface area contributed by atoms with Gasteiger partial charge in [0.15, 0.2) is 0 Å². The number of nitrogens with two attached hydrogens (primary N) is 1. The third-order valence-electron chi connectivity index (χ3n) is 3.43. The summed E-state index contributed by atoms with van der Waals surface area (Å²) in [6.07, 6.45) is 9.56. The Hall–Kier alpha value is -1.18. The molecule has 0 saturated carbocycles. The highest BCUT2D eigenvalue weighted by Gasteiger charge is 1.99. The van der Waals surface area contributed by atoms with Gasteiger partial charge in [-0.3, -0.25) is 0 Å². The largest absolute Gasteiger partial charge is 0.399 e. The van der Waals surface area contributed by atoms with Crippen LogP contribution < -0.4 is 10.6 Å². The summed E-state index contributed by atoms with van der Waals surface area (Å²) in [6.45, 7) is 3.40. The number of anilines is 2. The van der Waals surface area contributed by atoms with Crippen LogP contribution in [0.2, 0.25) is 0 Å². The van der Waals surface area contributed by atoms with Crippen LogP contribution in [-0.4, -0.2) is 13.6 Å². The van der Waals surface area contributed by atoms with E-state index in [1.54, 1.807) is 0 Å². The lowest BCUT2D eigenvalue weighted by Crippen LogP contribution is -2.18. The molecule has 0 aliphatic heterocycles. The Labute approximate surface area is 112 Å². The smallest absolute Gasteiger partial charge is 0.0365 e. The van der Waals surface area contributed by atoms with Crippen molar-refractivity contribution in [2.45, 2.75) is 51.9 Å². The first-order chi connectivity index (χ1) is 8.74. The van der Waals surface area contributed by atoms with Crippen LogP contribution in [0.3, 0.4) is 0 Å². The second kappa shape index (κ2) is 8.84. The maximum Gasteiger partial charge on any atom is 0.0365 e. The van der Waals surface area contributed by atoms with E-state index in [9.17, 15) is 0 Å². The first kappa shape index (κ1) is 14.9. The molecule has 0 spiro atoms. The second-order valence-electron chi connectivity index (χ2n) is 5.13. The van der Waals surface area contributed by atoms with Crippen molar-refractivity contribution in [1.29, 1.82) is 0 Å². The summed E-state index contributed by atoms with van der Waals surface area (Å²) in [5.74, 6) is 0. The quantitative estimate of drug-likeness (QED) is 0.516. The number of benzene rings is 1. The minimum atomic E-state index is 0.836. The van der Waals surface area contributed by atoms with E-state index in [0.29, 0.717) is 0 Å². The Morgan fingerprint density at radius 3 is 2.06 bits per heavy atom. The summed E-state index contributed by atoms with van der Waals surface area (Å²) >= 11 is 0. The molecule has 0 amide bonds. The summed E-state index contributed by atoms with van der Waals surface area (Å²) in [6, 6.07) is 8.13. The molecular weight excluding hydrogens is 220 g/mol. The number of unbranched alkanes of at least 4 members (excludes halogenated alkanes) is 6. The molecule has 0 aromatic heterocycles. The lowest BCUT2D eigenvalue weighted by molar-refractivity contribution is 0.589. The van der Waals surface area contributed by atoms with Crippen molar-refractivity contribution in [1.82, 2.24) is 0 Å². The minimum absolute atomic E-state index is 0.836. The molecule has 1 aromatic carbocycles. The fraction of sp³-hybridized carbons (Fsp3) is 0.625. The Balaban J connectivity index is 2.10. The summed E-state index contributed by atoms with van der Waals surface area (Å²) in [5, 5.41) is 0. The molecule has 0 radical (unpaired) electrons. The number of nitrogens with zero attached hydrogens (tertiary/aromatic N) is 1. The predicted octanol–water partition coefficient (Wildman–Crippen LogP) is 4.46. The highest BCUT2D eigenvalue weighted by Crippen LogP contribution is 2.15. The molecule has 0 bridgehead atoms. The van der Waals surface area contributed by atoms with Gasteiger partial charge in [0.05, 0.1) is 0 Å². The van der Waals surface area contributed by atoms with E-state index in [0.717, 1.165) is 12.2 Å². The van der Waals surface area contributed by atoms with Crippen LogP contribution in [0, 0.1) is 0 Å². The van der Waals surface area contributed by atoms with E-state index < -0.39 is 0 Å². The summed E-state index contributed by atoms with van der Waals surface area (Å²) in [7, 11) is 2.16. The van der Waals surface area contributed by atoms with Gasteiger partial charge in [-0.2, -0.15) is 0 Å². The van der Waals surface area contributed by atoms with Gasteiger partial charge in [0.25, 0.3) is 0 Å². The van der Waals surface area contributed by atoms with Crippen molar-refractivity contribution in [3.05, 3.63) is 24.3 Å². The van der Waals surface area contributed by atoms with Crippen LogP contribution in [0.4, 0.5) is 11.4 Å². The molecule has 0 unspecified atom stereocenters. The summed E-state index contributed by atoms with van der Waals surface area (Å²) < 4.78 is 0. The van der Waals surface area contributed by atoms with E-state index in [1.165, 1.54) is 50.6 Å². The van der Waals surface area contributed by atoms with E-state index in [4.69, 9.17) is 5.73 Å². The molecule has 18 heavy (non-hydrogen) atoms. The molecule has 0 fully saturated rings. The van der Waals surface area contributed by atoms with Crippen molar-refractivity contribution >= 4 is 11.4 Å². The van der Waals surface area contributed by atoms with Crippen molar-refractivity contribution in [3.63, 3.8) is 0 Å². The molecule has 1 rings (SSSR count). The normalized spacial score (nSPS) is 10.6. The standard InChI is InChI=1S/C16H28N2/c1-3-4-5-6-7-8-9-14-18(2)16-12-10-15(17)11-13-16/h10-13H,3-9,14,17H2,1-2H3. The minimum Gasteiger partial charge on any atom is -0.399 e. The van der Waals surface area contributed by atoms with Gasteiger partial charge in [-0.05, 0) is 30.7 Å². The van der Waals surface area contributed by atoms with Gasteiger partial charge in [-0.1, -0.05) is 45.4 Å². The van der Waals surface area contributed by atoms with Crippen molar-refractivity contribution in [2.75, 3.05) is 24.2 Å². The summed E-state index contributed by atoms with van der Waals surface area (Å²) in [4.78, 5) is 2.31. The summed E-state index contributed by atoms with van der Waals surface area (Å²) in [5.41, 5.74) is 7.78. The maximum atomic E-state index is 5.69. The Bertz CT molecular complexity index is 305. The van der Waals surface area contributed by atoms with Gasteiger partial charge in [0.2, 0.25) is 0 Å². The Kier molecular flexibility index (Phi) is 7.31. The molecule has 2 N–H and O–H groups in total. The number of hydrogen-bond donors (Lipinski definition) is 1. The zero-order valence-corrected chi connectivity index (χ0v) is 12.0. The molecule has 0 saturated heterocycles. The third kappa shape index (κ3) is 5.95. The van der Waals surface area contributed by atoms with Gasteiger partial charge < -0.3 is 10.6 Å². The molecular formula is C16H28N2. The van der Waals surface area contributed by atoms with Crippen LogP contribution in [0.5, 0.6) is 0 Å². The number of nitrogen functional groups attached to an aromatic ring is 1. The first-order valence-electron chi connectivity index (χ1n) is 7.30. The highest BCUT2D eigenvalue weighted by atomic mass is 15.1. The van der Waals surface area contributed by atoms with E-state index >= 15 is 0 Å². The molecule has 0 atom stereocenters. The van der Waals surface area contributed by atoms with Crippen LogP contribution in [0.1, 0.15) is 51.9 Å². The van der Waals surface area contributed by atoms with Crippen LogP contribution in [0.25, 0.3) is 0 Å². The fourth-order valence-electron chi connectivity index (χ4n) is 2.16. The number of hydrogen-bond acceptors (Lipinski definition) is 2. The maximum absolute atomic E-state index is 5.69. The van der Waals surface area contributed by atoms with Gasteiger partial charge in [-0.15, -0.1) is 0 Å². The average molecular weight is 248 g/mol. The molecule has 2 nitrogen and oxygen atoms in total. The average Bonchev–Trinajstić information content (AvgIpc) is 2.38. The van der Waals surface area contributed by atoms with Gasteiger partial charge in [-0.25, -0.2) is 0 Å². The van der Waals surface area contributed by atoms with E-state index in [1.807, 2.05) is 12.1 Å². The SMILES string of the molecule is CCCCCCCCCN(C)c1ccc(N)cc1. The Morgan fingerprint density at radius 1 is 0.889 bits per heavy atom. The first-order valence-corrected chi connectivity index (χ1v) is 7.30. The van der Waals surface area contributed by atoms with Gasteiger partial charge >= 0.3 is 0 Å². The topological polar surface area (TPSA) is 29.3 Å². The second-order valence-corrected chi connectivity index (χ2v) is 5.13. The lowest BCUT2D eigenvalue weighted by Gasteiger charge is -2.19. The monoisotopic (exact) mass is 248 g/mol. The lowest BCUT2D eigenvalue weighted by atomic mass is 10.1. The molecule has 102 valence electrons. The van der Waals surface area contributed by atoms with E-state index in [2.05, 4.69) is 31.0 Å². The van der Waals surface area contributed by atoms with E-state index in [-0.39, 0.29) is 0 Å². The molecule has 1 aromatic rings. The van der Waals surface area contributed by atoms with Crippen LogP contribution in [-0.2, 0) is 0 Å². The zero-order valence-electron chi connectivity index (χ0n) is 12.0. The molecule has 0 heterocycles. The fourth-order valence-corrected chi connectivity index (χ4v) is 2.16. The predicted molar refractivity (Wildman–Crippen MR) is 82.1 cm³/mol. The number of rotatable bonds is 9. The van der Waals surface area contributed by atoms with Crippen LogP contribution >= 0.6 is 0 Å². The Morgan fingerprint density at radius 2 is 1.44 bits per heavy atom. The highest BCUT2D eigenvalue weighted by molar-refractivity contribution is 5.52. The van der Waals surface area contributed by atoms with Gasteiger partial charge in [0, 0.05) is 25.0 Å². The van der Waals surface area contributed by atoms with Crippen LogP contribution in [0.15, 0.2) is 24.3 Å². The van der Waals surface area contributed by atoms with Crippen molar-refractivity contribution in [3.8, 4) is 0 Å². The molecule has 2 heteroatoms. The molecule has 0 aliphatic rings. The van der Waals surface area contributed by atoms with Crippen molar-refractivity contribution < 1.29 is 0 Å². The van der Waals surface area contributed by atoms with Gasteiger partial charge in [0.1, 0.15) is 0 Å². The third-order valence-corrected chi connectivity index (χ3v) is 3.43. The molecule has 0 aliphatic carbocycles. The zero-order chi connectivity index (χ0) is 13.2.